The molecule has 0 fully saturated rings. The maximum Gasteiger partial charge on any atom is 0.315 e. The zero-order valence-electron chi connectivity index (χ0n) is 9.85. The van der Waals surface area contributed by atoms with Crippen LogP contribution in [0, 0.1) is 33.6 Å². The summed E-state index contributed by atoms with van der Waals surface area (Å²) in [6.45, 7) is 1.08. The van der Waals surface area contributed by atoms with Crippen molar-refractivity contribution in [2.24, 2.45) is 0 Å². The highest BCUT2D eigenvalue weighted by atomic mass is 19.3. The quantitative estimate of drug-likeness (QED) is 0.474. The Morgan fingerprint density at radius 3 is 2.15 bits per heavy atom. The van der Waals surface area contributed by atoms with Crippen LogP contribution in [-0.4, -0.2) is 22.2 Å². The number of rotatable bonds is 5. The number of halogens is 4. The molecule has 0 spiro atoms. The summed E-state index contributed by atoms with van der Waals surface area (Å²) in [7, 11) is 0. The van der Waals surface area contributed by atoms with Crippen LogP contribution in [0.3, 0.4) is 0 Å². The summed E-state index contributed by atoms with van der Waals surface area (Å²) in [5.41, 5.74) is -2.76. The van der Waals surface area contributed by atoms with Gasteiger partial charge in [-0.25, -0.2) is 8.78 Å². The van der Waals surface area contributed by atoms with Gasteiger partial charge in [0.15, 0.2) is 0 Å². The second-order valence-corrected chi connectivity index (χ2v) is 3.83. The van der Waals surface area contributed by atoms with E-state index in [-0.39, 0.29) is 12.0 Å². The van der Waals surface area contributed by atoms with E-state index >= 15 is 0 Å². The Hall–Kier alpha value is -2.26. The van der Waals surface area contributed by atoms with Gasteiger partial charge in [0, 0.05) is 11.6 Å². The average Bonchev–Trinajstić information content (AvgIpc) is 2.30. The first-order valence-corrected chi connectivity index (χ1v) is 5.01. The molecule has 1 radical (unpaired) electrons. The lowest BCUT2D eigenvalue weighted by molar-refractivity contribution is -0.394. The van der Waals surface area contributed by atoms with Crippen LogP contribution in [0.2, 0.25) is 0 Å². The lowest BCUT2D eigenvalue weighted by Gasteiger charge is -2.15. The van der Waals surface area contributed by atoms with Crippen molar-refractivity contribution in [3.63, 3.8) is 0 Å². The van der Waals surface area contributed by atoms with Crippen LogP contribution in [0.4, 0.5) is 28.9 Å². The van der Waals surface area contributed by atoms with E-state index in [4.69, 9.17) is 0 Å². The van der Waals surface area contributed by atoms with Gasteiger partial charge >= 0.3 is 12.3 Å². The molecule has 109 valence electrons. The third kappa shape index (κ3) is 3.19. The normalized spacial score (nSPS) is 11.7. The standard InChI is InChI=1S/C10H7F4N2O4/c1-5-2-6(15(17)18)3-8(16(19)20)7(5)4-10(13,14)9(11)12/h2-4,9H,1H3. The molecule has 1 aromatic rings. The molecule has 0 aliphatic heterocycles. The van der Waals surface area contributed by atoms with Gasteiger partial charge in [-0.05, 0) is 12.5 Å². The molecule has 0 bridgehead atoms. The Balaban J connectivity index is 3.39. The topological polar surface area (TPSA) is 86.3 Å². The van der Waals surface area contributed by atoms with Crippen LogP contribution in [-0.2, 0) is 0 Å². The molecule has 0 N–H and O–H groups in total. The highest BCUT2D eigenvalue weighted by Crippen LogP contribution is 2.36. The second kappa shape index (κ2) is 5.39. The minimum Gasteiger partial charge on any atom is -0.258 e. The number of hydrogen-bond acceptors (Lipinski definition) is 4. The average molecular weight is 295 g/mol. The maximum absolute atomic E-state index is 13.0. The highest BCUT2D eigenvalue weighted by molar-refractivity contribution is 5.57. The van der Waals surface area contributed by atoms with Crippen LogP contribution in [0.15, 0.2) is 12.1 Å². The first-order chi connectivity index (χ1) is 9.06. The molecule has 10 heteroatoms. The molecule has 20 heavy (non-hydrogen) atoms. The summed E-state index contributed by atoms with van der Waals surface area (Å²) in [5.74, 6) is -4.58. The van der Waals surface area contributed by atoms with E-state index in [2.05, 4.69) is 0 Å². The van der Waals surface area contributed by atoms with E-state index in [9.17, 15) is 37.8 Å². The molecular weight excluding hydrogens is 288 g/mol. The summed E-state index contributed by atoms with van der Waals surface area (Å²) < 4.78 is 50.1. The minimum absolute atomic E-state index is 0.255. The smallest absolute Gasteiger partial charge is 0.258 e. The lowest BCUT2D eigenvalue weighted by atomic mass is 9.99. The number of nitro benzene ring substituents is 2. The summed E-state index contributed by atoms with van der Waals surface area (Å²) in [4.78, 5) is 19.2. The SMILES string of the molecule is Cc1cc([N+](=O)[O-])cc([N+](=O)[O-])c1[CH]C(F)(F)C(F)F. The van der Waals surface area contributed by atoms with Gasteiger partial charge in [-0.1, -0.05) is 0 Å². The molecule has 0 aliphatic carbocycles. The van der Waals surface area contributed by atoms with Crippen molar-refractivity contribution < 1.29 is 27.4 Å². The summed E-state index contributed by atoms with van der Waals surface area (Å²) >= 11 is 0. The van der Waals surface area contributed by atoms with Gasteiger partial charge < -0.3 is 0 Å². The number of nitrogens with zero attached hydrogens (tertiary/aromatic N) is 2. The molecule has 0 saturated carbocycles. The van der Waals surface area contributed by atoms with E-state index in [1.165, 1.54) is 0 Å². The van der Waals surface area contributed by atoms with Crippen molar-refractivity contribution in [1.82, 2.24) is 0 Å². The third-order valence-electron chi connectivity index (χ3n) is 2.39. The van der Waals surface area contributed by atoms with E-state index in [1.54, 1.807) is 0 Å². The van der Waals surface area contributed by atoms with Crippen molar-refractivity contribution in [1.29, 1.82) is 0 Å². The molecule has 1 rings (SSSR count). The zero-order chi connectivity index (χ0) is 15.7. The molecule has 0 aromatic heterocycles. The van der Waals surface area contributed by atoms with Crippen LogP contribution in [0.5, 0.6) is 0 Å². The predicted molar refractivity (Wildman–Crippen MR) is 58.8 cm³/mol. The van der Waals surface area contributed by atoms with Crippen molar-refractivity contribution in [2.45, 2.75) is 19.3 Å². The van der Waals surface area contributed by atoms with Gasteiger partial charge in [0.25, 0.3) is 11.4 Å². The van der Waals surface area contributed by atoms with Gasteiger partial charge in [-0.2, -0.15) is 8.78 Å². The Morgan fingerprint density at radius 1 is 1.20 bits per heavy atom. The molecule has 0 unspecified atom stereocenters. The number of aryl methyl sites for hydroxylation is 1. The second-order valence-electron chi connectivity index (χ2n) is 3.83. The van der Waals surface area contributed by atoms with Crippen molar-refractivity contribution in [3.8, 4) is 0 Å². The van der Waals surface area contributed by atoms with E-state index in [0.717, 1.165) is 13.0 Å². The van der Waals surface area contributed by atoms with E-state index in [1.807, 2.05) is 0 Å². The van der Waals surface area contributed by atoms with Crippen LogP contribution in [0.1, 0.15) is 11.1 Å². The van der Waals surface area contributed by atoms with Crippen molar-refractivity contribution in [3.05, 3.63) is 49.9 Å². The summed E-state index contributed by atoms with van der Waals surface area (Å²) in [6, 6.07) is 1.24. The van der Waals surface area contributed by atoms with Crippen LogP contribution in [0.25, 0.3) is 0 Å². The molecular formula is C10H7F4N2O4. The van der Waals surface area contributed by atoms with Gasteiger partial charge in [-0.3, -0.25) is 20.2 Å². The maximum atomic E-state index is 13.0. The van der Waals surface area contributed by atoms with Crippen LogP contribution >= 0.6 is 0 Å². The van der Waals surface area contributed by atoms with Gasteiger partial charge in [0.1, 0.15) is 0 Å². The molecule has 0 aliphatic rings. The summed E-state index contributed by atoms with van der Waals surface area (Å²) in [6.07, 6.45) is -4.30. The Kier molecular flexibility index (Phi) is 4.26. The number of benzene rings is 1. The third-order valence-corrected chi connectivity index (χ3v) is 2.39. The number of alkyl halides is 4. The van der Waals surface area contributed by atoms with E-state index < -0.39 is 39.1 Å². The molecule has 0 heterocycles. The van der Waals surface area contributed by atoms with Gasteiger partial charge in [0.05, 0.1) is 22.3 Å². The first kappa shape index (κ1) is 15.8. The van der Waals surface area contributed by atoms with Crippen LogP contribution < -0.4 is 0 Å². The predicted octanol–water partition coefficient (Wildman–Crippen LogP) is 3.26. The molecule has 0 atom stereocenters. The largest absolute Gasteiger partial charge is 0.315 e. The number of non-ortho nitro benzene ring substituents is 1. The fraction of sp³-hybridized carbons (Fsp3) is 0.300. The Labute approximate surface area is 109 Å². The fourth-order valence-corrected chi connectivity index (χ4v) is 1.46. The monoisotopic (exact) mass is 295 g/mol. The highest BCUT2D eigenvalue weighted by Gasteiger charge is 2.43. The minimum atomic E-state index is -4.58. The first-order valence-electron chi connectivity index (χ1n) is 5.01. The zero-order valence-corrected chi connectivity index (χ0v) is 9.85. The lowest BCUT2D eigenvalue weighted by Crippen LogP contribution is -2.28. The van der Waals surface area contributed by atoms with Crippen molar-refractivity contribution >= 4 is 11.4 Å². The molecule has 1 aromatic carbocycles. The molecule has 0 saturated heterocycles. The number of hydrogen-bond donors (Lipinski definition) is 0. The van der Waals surface area contributed by atoms with Gasteiger partial charge in [0.2, 0.25) is 0 Å². The Bertz CT molecular complexity index is 562. The summed E-state index contributed by atoms with van der Waals surface area (Å²) in [5, 5.41) is 21.3. The van der Waals surface area contributed by atoms with Gasteiger partial charge in [-0.15, -0.1) is 0 Å². The number of nitro groups is 2. The fourth-order valence-electron chi connectivity index (χ4n) is 1.46. The van der Waals surface area contributed by atoms with E-state index in [0.29, 0.717) is 6.07 Å². The molecule has 6 nitrogen and oxygen atoms in total. The molecule has 0 amide bonds. The Morgan fingerprint density at radius 2 is 1.75 bits per heavy atom. The van der Waals surface area contributed by atoms with Crippen molar-refractivity contribution in [2.75, 3.05) is 0 Å².